The largest absolute Gasteiger partial charge is 0.478 e. The average Bonchev–Trinajstić information content (AvgIpc) is 2.39. The van der Waals surface area contributed by atoms with Crippen LogP contribution in [0.5, 0.6) is 0 Å². The Morgan fingerprint density at radius 2 is 1.95 bits per heavy atom. The van der Waals surface area contributed by atoms with Crippen molar-refractivity contribution in [2.75, 3.05) is 0 Å². The fourth-order valence-electron chi connectivity index (χ4n) is 1.72. The van der Waals surface area contributed by atoms with Gasteiger partial charge in [0.05, 0.1) is 5.56 Å². The molecule has 0 aliphatic heterocycles. The summed E-state index contributed by atoms with van der Waals surface area (Å²) in [5.74, 6) is -1.88. The second-order valence-electron chi connectivity index (χ2n) is 4.31. The number of hydrogen-bond donors (Lipinski definition) is 1. The zero-order valence-corrected chi connectivity index (χ0v) is 11.5. The number of carboxylic acids is 1. The maximum atomic E-state index is 13.5. The van der Waals surface area contributed by atoms with Crippen LogP contribution in [0.25, 0.3) is 0 Å². The van der Waals surface area contributed by atoms with Crippen molar-refractivity contribution >= 4 is 17.7 Å². The van der Waals surface area contributed by atoms with E-state index in [9.17, 15) is 13.6 Å². The zero-order valence-electron chi connectivity index (χ0n) is 10.7. The summed E-state index contributed by atoms with van der Waals surface area (Å²) in [4.78, 5) is 11.8. The molecule has 0 unspecified atom stereocenters. The molecule has 104 valence electrons. The van der Waals surface area contributed by atoms with Gasteiger partial charge in [0.1, 0.15) is 11.6 Å². The Balaban J connectivity index is 2.15. The molecule has 5 heteroatoms. The fraction of sp³-hybridized carbons (Fsp3) is 0.133. The van der Waals surface area contributed by atoms with E-state index in [2.05, 4.69) is 0 Å². The Morgan fingerprint density at radius 1 is 1.20 bits per heavy atom. The van der Waals surface area contributed by atoms with E-state index in [-0.39, 0.29) is 5.56 Å². The molecule has 0 fully saturated rings. The highest BCUT2D eigenvalue weighted by molar-refractivity contribution is 7.98. The van der Waals surface area contributed by atoms with Gasteiger partial charge in [-0.15, -0.1) is 11.8 Å². The van der Waals surface area contributed by atoms with Gasteiger partial charge in [0, 0.05) is 16.7 Å². The van der Waals surface area contributed by atoms with Gasteiger partial charge in [-0.1, -0.05) is 12.1 Å². The molecule has 2 aromatic rings. The van der Waals surface area contributed by atoms with Gasteiger partial charge < -0.3 is 5.11 Å². The predicted octanol–water partition coefficient (Wildman–Crippen LogP) is 4.26. The molecular weight excluding hydrogens is 282 g/mol. The van der Waals surface area contributed by atoms with Crippen molar-refractivity contribution in [1.82, 2.24) is 0 Å². The van der Waals surface area contributed by atoms with Crippen molar-refractivity contribution in [3.63, 3.8) is 0 Å². The Kier molecular flexibility index (Phi) is 4.39. The van der Waals surface area contributed by atoms with E-state index in [0.717, 1.165) is 11.0 Å². The molecule has 0 saturated carbocycles. The van der Waals surface area contributed by atoms with Crippen molar-refractivity contribution in [2.45, 2.75) is 17.6 Å². The summed E-state index contributed by atoms with van der Waals surface area (Å²) in [6.07, 6.45) is 0. The number of hydrogen-bond acceptors (Lipinski definition) is 2. The van der Waals surface area contributed by atoms with E-state index < -0.39 is 17.6 Å². The van der Waals surface area contributed by atoms with E-state index in [0.29, 0.717) is 16.9 Å². The summed E-state index contributed by atoms with van der Waals surface area (Å²) in [7, 11) is 0. The minimum Gasteiger partial charge on any atom is -0.478 e. The van der Waals surface area contributed by atoms with Crippen LogP contribution in [0, 0.1) is 18.6 Å². The van der Waals surface area contributed by atoms with Crippen LogP contribution in [-0.4, -0.2) is 11.1 Å². The molecule has 0 spiro atoms. The molecule has 0 bridgehead atoms. The molecule has 0 aliphatic carbocycles. The molecule has 0 aromatic heterocycles. The van der Waals surface area contributed by atoms with Crippen molar-refractivity contribution in [2.24, 2.45) is 0 Å². The lowest BCUT2D eigenvalue weighted by Gasteiger charge is -2.06. The number of carboxylic acid groups (broad SMARTS) is 1. The standard InChI is InChI=1S/C15H12F2O2S/c1-9-2-5-12(7-13(9)15(18)19)20-8-10-3-4-11(16)6-14(10)17/h2-7H,8H2,1H3,(H,18,19). The first-order valence-electron chi connectivity index (χ1n) is 5.88. The van der Waals surface area contributed by atoms with Crippen LogP contribution in [-0.2, 0) is 5.75 Å². The molecule has 0 atom stereocenters. The highest BCUT2D eigenvalue weighted by Gasteiger charge is 2.09. The maximum absolute atomic E-state index is 13.5. The highest BCUT2D eigenvalue weighted by atomic mass is 32.2. The fourth-order valence-corrected chi connectivity index (χ4v) is 2.64. The number of benzene rings is 2. The molecule has 2 aromatic carbocycles. The van der Waals surface area contributed by atoms with Gasteiger partial charge in [-0.2, -0.15) is 0 Å². The molecule has 0 radical (unpaired) electrons. The topological polar surface area (TPSA) is 37.3 Å². The summed E-state index contributed by atoms with van der Waals surface area (Å²) in [5, 5.41) is 9.04. The first-order valence-corrected chi connectivity index (χ1v) is 6.86. The number of rotatable bonds is 4. The molecule has 0 heterocycles. The smallest absolute Gasteiger partial charge is 0.335 e. The number of halogens is 2. The van der Waals surface area contributed by atoms with E-state index in [4.69, 9.17) is 5.11 Å². The van der Waals surface area contributed by atoms with Gasteiger partial charge in [-0.3, -0.25) is 0 Å². The summed E-state index contributed by atoms with van der Waals surface area (Å²) >= 11 is 1.31. The quantitative estimate of drug-likeness (QED) is 0.856. The van der Waals surface area contributed by atoms with Gasteiger partial charge in [0.25, 0.3) is 0 Å². The van der Waals surface area contributed by atoms with Crippen molar-refractivity contribution in [3.8, 4) is 0 Å². The minimum atomic E-state index is -0.988. The normalized spacial score (nSPS) is 10.6. The number of aromatic carboxylic acids is 1. The van der Waals surface area contributed by atoms with Crippen LogP contribution in [0.2, 0.25) is 0 Å². The Hall–Kier alpha value is -1.88. The van der Waals surface area contributed by atoms with Crippen LogP contribution in [0.4, 0.5) is 8.78 Å². The zero-order chi connectivity index (χ0) is 14.7. The van der Waals surface area contributed by atoms with Crippen molar-refractivity contribution in [3.05, 3.63) is 64.7 Å². The lowest BCUT2D eigenvalue weighted by atomic mass is 10.1. The lowest BCUT2D eigenvalue weighted by Crippen LogP contribution is -1.99. The molecule has 20 heavy (non-hydrogen) atoms. The molecular formula is C15H12F2O2S. The second kappa shape index (κ2) is 6.05. The Bertz CT molecular complexity index is 656. The third kappa shape index (κ3) is 3.36. The molecule has 1 N–H and O–H groups in total. The van der Waals surface area contributed by atoms with Gasteiger partial charge in [0.15, 0.2) is 0 Å². The summed E-state index contributed by atoms with van der Waals surface area (Å²) in [6, 6.07) is 8.50. The first kappa shape index (κ1) is 14.5. The van der Waals surface area contributed by atoms with Crippen molar-refractivity contribution < 1.29 is 18.7 Å². The van der Waals surface area contributed by atoms with Crippen LogP contribution >= 0.6 is 11.8 Å². The summed E-state index contributed by atoms with van der Waals surface area (Å²) in [6.45, 7) is 1.72. The molecule has 0 aliphatic rings. The van der Waals surface area contributed by atoms with Gasteiger partial charge in [-0.25, -0.2) is 13.6 Å². The van der Waals surface area contributed by atoms with Gasteiger partial charge >= 0.3 is 5.97 Å². The molecule has 2 nitrogen and oxygen atoms in total. The summed E-state index contributed by atoms with van der Waals surface area (Å²) < 4.78 is 26.3. The van der Waals surface area contributed by atoms with Crippen LogP contribution < -0.4 is 0 Å². The van der Waals surface area contributed by atoms with E-state index in [1.807, 2.05) is 0 Å². The minimum absolute atomic E-state index is 0.231. The maximum Gasteiger partial charge on any atom is 0.335 e. The number of carbonyl (C=O) groups is 1. The second-order valence-corrected chi connectivity index (χ2v) is 5.36. The highest BCUT2D eigenvalue weighted by Crippen LogP contribution is 2.26. The van der Waals surface area contributed by atoms with E-state index in [1.165, 1.54) is 23.9 Å². The summed E-state index contributed by atoms with van der Waals surface area (Å²) in [5.41, 5.74) is 1.29. The SMILES string of the molecule is Cc1ccc(SCc2ccc(F)cc2F)cc1C(=O)O. The molecule has 0 amide bonds. The first-order chi connectivity index (χ1) is 9.47. The number of thioether (sulfide) groups is 1. The molecule has 0 saturated heterocycles. The van der Waals surface area contributed by atoms with Crippen LogP contribution in [0.3, 0.4) is 0 Å². The Morgan fingerprint density at radius 3 is 2.60 bits per heavy atom. The van der Waals surface area contributed by atoms with Crippen molar-refractivity contribution in [1.29, 1.82) is 0 Å². The molecule has 2 rings (SSSR count). The number of aryl methyl sites for hydroxylation is 1. The van der Waals surface area contributed by atoms with E-state index >= 15 is 0 Å². The van der Waals surface area contributed by atoms with Gasteiger partial charge in [0.2, 0.25) is 0 Å². The van der Waals surface area contributed by atoms with Crippen LogP contribution in [0.1, 0.15) is 21.5 Å². The third-order valence-electron chi connectivity index (χ3n) is 2.85. The average molecular weight is 294 g/mol. The predicted molar refractivity (Wildman–Crippen MR) is 74.1 cm³/mol. The Labute approximate surface area is 119 Å². The van der Waals surface area contributed by atoms with E-state index in [1.54, 1.807) is 25.1 Å². The van der Waals surface area contributed by atoms with Crippen LogP contribution in [0.15, 0.2) is 41.3 Å². The van der Waals surface area contributed by atoms with Gasteiger partial charge in [-0.05, 0) is 36.2 Å². The lowest BCUT2D eigenvalue weighted by molar-refractivity contribution is 0.0696. The third-order valence-corrected chi connectivity index (χ3v) is 3.89. The monoisotopic (exact) mass is 294 g/mol.